The molecule has 9 heteroatoms. The van der Waals surface area contributed by atoms with Crippen LogP contribution in [0.3, 0.4) is 0 Å². The molecule has 0 fully saturated rings. The predicted octanol–water partition coefficient (Wildman–Crippen LogP) is 3.46. The molecule has 0 aliphatic heterocycles. The van der Waals surface area contributed by atoms with Crippen LogP contribution in [0.5, 0.6) is 0 Å². The van der Waals surface area contributed by atoms with Gasteiger partial charge in [-0.05, 0) is 35.4 Å². The van der Waals surface area contributed by atoms with Crippen molar-refractivity contribution in [2.75, 3.05) is 5.73 Å². The van der Waals surface area contributed by atoms with E-state index >= 15 is 0 Å². The van der Waals surface area contributed by atoms with Crippen LogP contribution < -0.4 is 11.4 Å². The third kappa shape index (κ3) is 3.99. The van der Waals surface area contributed by atoms with Crippen LogP contribution in [0.2, 0.25) is 0 Å². The van der Waals surface area contributed by atoms with Gasteiger partial charge in [0.05, 0.1) is 23.6 Å². The van der Waals surface area contributed by atoms with Crippen LogP contribution in [0.25, 0.3) is 28.2 Å². The second-order valence-corrected chi connectivity index (χ2v) is 7.99. The maximum atomic E-state index is 13.3. The molecule has 0 bridgehead atoms. The Kier molecular flexibility index (Phi) is 5.73. The van der Waals surface area contributed by atoms with Crippen LogP contribution in [0.1, 0.15) is 24.7 Å². The smallest absolute Gasteiger partial charge is 0.333 e. The van der Waals surface area contributed by atoms with E-state index in [-0.39, 0.29) is 5.69 Å². The summed E-state index contributed by atoms with van der Waals surface area (Å²) in [5.74, 6) is 0.525. The maximum Gasteiger partial charge on any atom is 0.333 e. The number of hydrogen-bond donors (Lipinski definition) is 2. The number of H-pyrrole nitrogens is 1. The maximum absolute atomic E-state index is 13.3. The van der Waals surface area contributed by atoms with E-state index < -0.39 is 0 Å². The molecule has 0 radical (unpaired) electrons. The first-order valence-electron chi connectivity index (χ1n) is 11.1. The fourth-order valence-electron chi connectivity index (χ4n) is 4.08. The fraction of sp³-hybridized carbons (Fsp3) is 0.160. The molecule has 170 valence electrons. The van der Waals surface area contributed by atoms with Crippen molar-refractivity contribution < 1.29 is 0 Å². The third-order valence-electron chi connectivity index (χ3n) is 5.73. The number of tetrazole rings is 1. The van der Waals surface area contributed by atoms with E-state index in [4.69, 9.17) is 5.73 Å². The van der Waals surface area contributed by atoms with Crippen molar-refractivity contribution in [1.82, 2.24) is 34.7 Å². The molecule has 3 heterocycles. The number of para-hydroxylation sites is 2. The summed E-state index contributed by atoms with van der Waals surface area (Å²) < 4.78 is 3.39. The van der Waals surface area contributed by atoms with E-state index in [1.165, 1.54) is 0 Å². The van der Waals surface area contributed by atoms with E-state index in [1.807, 2.05) is 67.0 Å². The van der Waals surface area contributed by atoms with Gasteiger partial charge < -0.3 is 5.73 Å². The molecule has 0 aliphatic carbocycles. The molecule has 0 saturated heterocycles. The zero-order valence-electron chi connectivity index (χ0n) is 18.7. The zero-order chi connectivity index (χ0) is 23.5. The number of nitrogens with zero attached hydrogens (tertiary/aromatic N) is 6. The Labute approximate surface area is 195 Å². The molecule has 0 atom stereocenters. The SMILES string of the molecule is CCCc1cn(-c2ccccc2N)c(=O)n1Cc1ccc(-c2ccccc2-c2nn[nH]n2)cn1. The molecule has 34 heavy (non-hydrogen) atoms. The van der Waals surface area contributed by atoms with Gasteiger partial charge in [0.1, 0.15) is 0 Å². The number of nitrogens with one attached hydrogen (secondary N) is 1. The summed E-state index contributed by atoms with van der Waals surface area (Å²) in [6.07, 6.45) is 5.40. The monoisotopic (exact) mass is 452 g/mol. The van der Waals surface area contributed by atoms with Crippen LogP contribution in [-0.4, -0.2) is 34.7 Å². The van der Waals surface area contributed by atoms with Crippen molar-refractivity contribution in [3.05, 3.63) is 94.9 Å². The number of anilines is 1. The number of nitrogen functional groups attached to an aromatic ring is 1. The lowest BCUT2D eigenvalue weighted by atomic mass is 10.0. The second-order valence-electron chi connectivity index (χ2n) is 7.99. The van der Waals surface area contributed by atoms with E-state index in [1.54, 1.807) is 15.2 Å². The number of pyridine rings is 1. The van der Waals surface area contributed by atoms with Gasteiger partial charge in [0, 0.05) is 29.2 Å². The highest BCUT2D eigenvalue weighted by atomic mass is 16.1. The van der Waals surface area contributed by atoms with Gasteiger partial charge in [-0.2, -0.15) is 5.21 Å². The minimum atomic E-state index is -0.130. The lowest BCUT2D eigenvalue weighted by molar-refractivity contribution is 0.679. The topological polar surface area (TPSA) is 120 Å². The van der Waals surface area contributed by atoms with E-state index in [2.05, 4.69) is 32.5 Å². The first-order chi connectivity index (χ1) is 16.7. The number of hydrogen-bond acceptors (Lipinski definition) is 6. The van der Waals surface area contributed by atoms with Gasteiger partial charge in [0.15, 0.2) is 0 Å². The molecule has 2 aromatic carbocycles. The second kappa shape index (κ2) is 9.14. The van der Waals surface area contributed by atoms with Crippen molar-refractivity contribution in [3.8, 4) is 28.2 Å². The standard InChI is InChI=1S/C25H24N8O/c1-2-7-19-16-33(23-11-6-5-10-22(23)26)25(34)32(19)15-18-13-12-17(14-27-18)20-8-3-4-9-21(20)24-28-30-31-29-24/h3-6,8-14,16H,2,7,15,26H2,1H3,(H,28,29,30,31). The van der Waals surface area contributed by atoms with E-state index in [0.29, 0.717) is 23.7 Å². The Balaban J connectivity index is 1.48. The molecular weight excluding hydrogens is 428 g/mol. The predicted molar refractivity (Wildman–Crippen MR) is 130 cm³/mol. The number of imidazole rings is 1. The lowest BCUT2D eigenvalue weighted by Crippen LogP contribution is -2.25. The van der Waals surface area contributed by atoms with Crippen LogP contribution in [0, 0.1) is 0 Å². The van der Waals surface area contributed by atoms with Crippen LogP contribution in [0.4, 0.5) is 5.69 Å². The van der Waals surface area contributed by atoms with Crippen LogP contribution in [-0.2, 0) is 13.0 Å². The number of rotatable bonds is 7. The summed E-state index contributed by atoms with van der Waals surface area (Å²) in [5, 5.41) is 14.4. The minimum Gasteiger partial charge on any atom is -0.397 e. The van der Waals surface area contributed by atoms with E-state index in [0.717, 1.165) is 40.9 Å². The van der Waals surface area contributed by atoms with Crippen LogP contribution >= 0.6 is 0 Å². The van der Waals surface area contributed by atoms with Gasteiger partial charge in [0.2, 0.25) is 5.82 Å². The molecule has 5 rings (SSSR count). The molecule has 0 amide bonds. The summed E-state index contributed by atoms with van der Waals surface area (Å²) in [6.45, 7) is 2.47. The quantitative estimate of drug-likeness (QED) is 0.365. The third-order valence-corrected chi connectivity index (χ3v) is 5.73. The molecule has 0 unspecified atom stereocenters. The highest BCUT2D eigenvalue weighted by Crippen LogP contribution is 2.29. The van der Waals surface area contributed by atoms with Gasteiger partial charge in [-0.15, -0.1) is 10.2 Å². The summed E-state index contributed by atoms with van der Waals surface area (Å²) in [5.41, 5.74) is 11.7. The molecule has 0 spiro atoms. The Morgan fingerprint density at radius 2 is 1.79 bits per heavy atom. The molecule has 0 aliphatic rings. The van der Waals surface area contributed by atoms with Crippen LogP contribution in [0.15, 0.2) is 77.9 Å². The zero-order valence-corrected chi connectivity index (χ0v) is 18.7. The van der Waals surface area contributed by atoms with Gasteiger partial charge in [-0.3, -0.25) is 14.1 Å². The highest BCUT2D eigenvalue weighted by Gasteiger charge is 2.15. The van der Waals surface area contributed by atoms with Crippen molar-refractivity contribution in [2.24, 2.45) is 0 Å². The number of aryl methyl sites for hydroxylation is 1. The summed E-state index contributed by atoms with van der Waals surface area (Å²) in [6, 6.07) is 19.2. The van der Waals surface area contributed by atoms with Crippen molar-refractivity contribution >= 4 is 5.69 Å². The highest BCUT2D eigenvalue weighted by molar-refractivity contribution is 5.79. The number of aromatic amines is 1. The molecular formula is C25H24N8O. The number of nitrogens with two attached hydrogens (primary N) is 1. The largest absolute Gasteiger partial charge is 0.397 e. The average Bonchev–Trinajstić information content (AvgIpc) is 3.50. The number of aromatic nitrogens is 7. The summed E-state index contributed by atoms with van der Waals surface area (Å²) >= 11 is 0. The summed E-state index contributed by atoms with van der Waals surface area (Å²) in [4.78, 5) is 18.0. The molecule has 9 nitrogen and oxygen atoms in total. The van der Waals surface area contributed by atoms with Crippen molar-refractivity contribution in [3.63, 3.8) is 0 Å². The average molecular weight is 453 g/mol. The Bertz CT molecular complexity index is 1470. The Morgan fingerprint density at radius 1 is 1.00 bits per heavy atom. The van der Waals surface area contributed by atoms with Crippen molar-refractivity contribution in [1.29, 1.82) is 0 Å². The van der Waals surface area contributed by atoms with E-state index in [9.17, 15) is 4.79 Å². The lowest BCUT2D eigenvalue weighted by Gasteiger charge is -2.09. The molecule has 5 aromatic rings. The molecule has 3 aromatic heterocycles. The number of benzene rings is 2. The van der Waals surface area contributed by atoms with Gasteiger partial charge in [-0.25, -0.2) is 4.79 Å². The minimum absolute atomic E-state index is 0.130. The van der Waals surface area contributed by atoms with Gasteiger partial charge >= 0.3 is 5.69 Å². The van der Waals surface area contributed by atoms with Crippen molar-refractivity contribution in [2.45, 2.75) is 26.3 Å². The molecule has 0 saturated carbocycles. The summed E-state index contributed by atoms with van der Waals surface area (Å²) in [7, 11) is 0. The fourth-order valence-corrected chi connectivity index (χ4v) is 4.08. The Hall–Kier alpha value is -4.53. The molecule has 3 N–H and O–H groups in total. The Morgan fingerprint density at radius 3 is 2.50 bits per heavy atom. The first kappa shape index (κ1) is 21.3. The van der Waals surface area contributed by atoms with Gasteiger partial charge in [0.25, 0.3) is 0 Å². The first-order valence-corrected chi connectivity index (χ1v) is 11.1. The normalized spacial score (nSPS) is 11.1. The van der Waals surface area contributed by atoms with Gasteiger partial charge in [-0.1, -0.05) is 55.8 Å².